The monoisotopic (exact) mass is 341 g/mol. The molecule has 0 aliphatic rings. The minimum absolute atomic E-state index is 0.122. The number of carbonyl (C=O) groups is 2. The molecule has 0 saturated carbocycles. The predicted octanol–water partition coefficient (Wildman–Crippen LogP) is -0.232. The number of carboxylic acids is 1. The molecular weight excluding hydrogens is 330 g/mol. The Hall–Kier alpha value is -2.79. The number of sulfonamides is 1. The van der Waals surface area contributed by atoms with Gasteiger partial charge in [-0.25, -0.2) is 22.1 Å². The highest BCUT2D eigenvalue weighted by Gasteiger charge is 2.33. The zero-order valence-corrected chi connectivity index (χ0v) is 12.3. The average molecular weight is 341 g/mol. The Balaban J connectivity index is 2.62. The van der Waals surface area contributed by atoms with Gasteiger partial charge in [0.1, 0.15) is 0 Å². The summed E-state index contributed by atoms with van der Waals surface area (Å²) in [6, 6.07) is 5.34. The van der Waals surface area contributed by atoms with E-state index in [1.807, 2.05) is 0 Å². The van der Waals surface area contributed by atoms with Crippen LogP contribution in [-0.2, 0) is 10.0 Å². The van der Waals surface area contributed by atoms with E-state index >= 15 is 0 Å². The molecular formula is C12H11N3O7S. The maximum absolute atomic E-state index is 12.7. The summed E-state index contributed by atoms with van der Waals surface area (Å²) < 4.78 is 30.3. The highest BCUT2D eigenvalue weighted by molar-refractivity contribution is 7.93. The molecule has 1 aromatic heterocycles. The van der Waals surface area contributed by atoms with Crippen LogP contribution in [0.15, 0.2) is 33.8 Å². The summed E-state index contributed by atoms with van der Waals surface area (Å²) in [4.78, 5) is 21.8. The third kappa shape index (κ3) is 3.05. The molecule has 0 radical (unpaired) electrons. The average Bonchev–Trinajstić information content (AvgIpc) is 3.01. The zero-order valence-electron chi connectivity index (χ0n) is 11.5. The van der Waals surface area contributed by atoms with Gasteiger partial charge in [0.2, 0.25) is 11.5 Å². The van der Waals surface area contributed by atoms with Crippen LogP contribution in [0.4, 0.5) is 5.82 Å². The van der Waals surface area contributed by atoms with E-state index < -0.39 is 40.7 Å². The molecule has 2 N–H and O–H groups in total. The Morgan fingerprint density at radius 2 is 2.00 bits per heavy atom. The van der Waals surface area contributed by atoms with E-state index in [-0.39, 0.29) is 10.5 Å². The maximum atomic E-state index is 12.7. The first-order valence-electron chi connectivity index (χ1n) is 6.17. The number of rotatable bonds is 7. The van der Waals surface area contributed by atoms with Crippen molar-refractivity contribution in [1.82, 2.24) is 10.3 Å². The summed E-state index contributed by atoms with van der Waals surface area (Å²) in [7, 11) is -4.37. The topological polar surface area (TPSA) is 151 Å². The lowest BCUT2D eigenvalue weighted by Crippen LogP contribution is -2.35. The molecule has 0 spiro atoms. The van der Waals surface area contributed by atoms with Crippen molar-refractivity contribution in [2.45, 2.75) is 4.90 Å². The first-order valence-corrected chi connectivity index (χ1v) is 7.61. The third-order valence-corrected chi connectivity index (χ3v) is 4.69. The molecule has 1 aromatic carbocycles. The van der Waals surface area contributed by atoms with Crippen LogP contribution in [0.1, 0.15) is 20.8 Å². The van der Waals surface area contributed by atoms with Crippen molar-refractivity contribution >= 4 is 28.1 Å². The van der Waals surface area contributed by atoms with Crippen molar-refractivity contribution < 1.29 is 32.8 Å². The Morgan fingerprint density at radius 1 is 1.30 bits per heavy atom. The summed E-state index contributed by atoms with van der Waals surface area (Å²) in [5.74, 6) is -2.14. The predicted molar refractivity (Wildman–Crippen MR) is 74.7 cm³/mol. The van der Waals surface area contributed by atoms with Crippen LogP contribution in [0.2, 0.25) is 0 Å². The number of aromatic nitrogens is 2. The van der Waals surface area contributed by atoms with Crippen molar-refractivity contribution in [2.75, 3.05) is 17.5 Å². The smallest absolute Gasteiger partial charge is 0.362 e. The molecule has 0 unspecified atom stereocenters. The number of benzene rings is 1. The molecule has 0 bridgehead atoms. The first-order chi connectivity index (χ1) is 10.9. The van der Waals surface area contributed by atoms with Crippen LogP contribution in [0.5, 0.6) is 0 Å². The number of hydrogen-bond donors (Lipinski definition) is 2. The second kappa shape index (κ2) is 6.54. The number of nitrogens with zero attached hydrogens (tertiary/aromatic N) is 3. The molecule has 10 nitrogen and oxygen atoms in total. The number of aliphatic hydroxyl groups excluding tert-OH is 1. The van der Waals surface area contributed by atoms with E-state index in [0.29, 0.717) is 10.6 Å². The minimum atomic E-state index is -4.37. The van der Waals surface area contributed by atoms with E-state index in [2.05, 4.69) is 14.9 Å². The van der Waals surface area contributed by atoms with Gasteiger partial charge < -0.3 is 10.2 Å². The number of aliphatic hydroxyl groups is 1. The Bertz CT molecular complexity index is 831. The normalized spacial score (nSPS) is 11.2. The van der Waals surface area contributed by atoms with Gasteiger partial charge in [0.25, 0.3) is 10.0 Å². The third-order valence-electron chi connectivity index (χ3n) is 2.83. The fourth-order valence-electron chi connectivity index (χ4n) is 1.84. The van der Waals surface area contributed by atoms with E-state index in [1.165, 1.54) is 24.3 Å². The van der Waals surface area contributed by atoms with E-state index in [9.17, 15) is 18.0 Å². The quantitative estimate of drug-likeness (QED) is 0.650. The summed E-state index contributed by atoms with van der Waals surface area (Å²) >= 11 is 0. The van der Waals surface area contributed by atoms with Gasteiger partial charge in [0.05, 0.1) is 18.0 Å². The Labute approximate surface area is 130 Å². The fourth-order valence-corrected chi connectivity index (χ4v) is 3.42. The molecule has 1 heterocycles. The number of hydrogen-bond acceptors (Lipinski definition) is 8. The van der Waals surface area contributed by atoms with Crippen LogP contribution in [0, 0.1) is 0 Å². The van der Waals surface area contributed by atoms with Gasteiger partial charge in [0, 0.05) is 5.56 Å². The standard InChI is InChI=1S/C12H11N3O7S/c16-6-5-15(11-10(12(18)19)13-22-14-11)23(20,21)9-4-2-1-3-8(9)7-17/h1-4,7,16H,5-6H2,(H,18,19). The van der Waals surface area contributed by atoms with Crippen LogP contribution in [-0.4, -0.2) is 54.4 Å². The Kier molecular flexibility index (Phi) is 4.71. The molecule has 2 rings (SSSR count). The molecule has 2 aromatic rings. The van der Waals surface area contributed by atoms with Crippen molar-refractivity contribution in [1.29, 1.82) is 0 Å². The molecule has 11 heteroatoms. The lowest BCUT2D eigenvalue weighted by atomic mass is 10.2. The number of aromatic carboxylic acids is 1. The van der Waals surface area contributed by atoms with Gasteiger partial charge in [-0.05, 0) is 16.4 Å². The van der Waals surface area contributed by atoms with Gasteiger partial charge in [-0.2, -0.15) is 0 Å². The lowest BCUT2D eigenvalue weighted by molar-refractivity contribution is 0.0685. The van der Waals surface area contributed by atoms with Crippen LogP contribution in [0.25, 0.3) is 0 Å². The van der Waals surface area contributed by atoms with Gasteiger partial charge in [0.15, 0.2) is 6.29 Å². The highest BCUT2D eigenvalue weighted by atomic mass is 32.2. The van der Waals surface area contributed by atoms with Gasteiger partial charge >= 0.3 is 5.97 Å². The number of aldehydes is 1. The first kappa shape index (κ1) is 16.6. The number of anilines is 1. The minimum Gasteiger partial charge on any atom is -0.476 e. The summed E-state index contributed by atoms with van der Waals surface area (Å²) in [5.41, 5.74) is -0.852. The molecule has 0 aliphatic carbocycles. The zero-order chi connectivity index (χ0) is 17.0. The largest absolute Gasteiger partial charge is 0.476 e. The molecule has 0 aliphatic heterocycles. The molecule has 122 valence electrons. The summed E-state index contributed by atoms with van der Waals surface area (Å²) in [6.07, 6.45) is 0.350. The van der Waals surface area contributed by atoms with Crippen LogP contribution >= 0.6 is 0 Å². The highest BCUT2D eigenvalue weighted by Crippen LogP contribution is 2.25. The van der Waals surface area contributed by atoms with Gasteiger partial charge in [-0.3, -0.25) is 4.79 Å². The number of carboxylic acid groups (broad SMARTS) is 1. The SMILES string of the molecule is O=Cc1ccccc1S(=O)(=O)N(CCO)c1nonc1C(=O)O. The van der Waals surface area contributed by atoms with E-state index in [0.717, 1.165) is 0 Å². The summed E-state index contributed by atoms with van der Waals surface area (Å²) in [5, 5.41) is 24.5. The second-order valence-corrected chi connectivity index (χ2v) is 6.03. The maximum Gasteiger partial charge on any atom is 0.362 e. The van der Waals surface area contributed by atoms with Crippen LogP contribution < -0.4 is 4.31 Å². The van der Waals surface area contributed by atoms with Crippen molar-refractivity contribution in [2.24, 2.45) is 0 Å². The van der Waals surface area contributed by atoms with E-state index in [4.69, 9.17) is 10.2 Å². The molecule has 0 atom stereocenters. The lowest BCUT2D eigenvalue weighted by Gasteiger charge is -2.21. The van der Waals surface area contributed by atoms with Crippen molar-refractivity contribution in [3.05, 3.63) is 35.5 Å². The molecule has 0 fully saturated rings. The van der Waals surface area contributed by atoms with Crippen LogP contribution in [0.3, 0.4) is 0 Å². The van der Waals surface area contributed by atoms with E-state index in [1.54, 1.807) is 0 Å². The van der Waals surface area contributed by atoms with Gasteiger partial charge in [-0.15, -0.1) is 0 Å². The summed E-state index contributed by atoms with van der Waals surface area (Å²) in [6.45, 7) is -1.11. The molecule has 23 heavy (non-hydrogen) atoms. The van der Waals surface area contributed by atoms with Crippen molar-refractivity contribution in [3.8, 4) is 0 Å². The second-order valence-electron chi connectivity index (χ2n) is 4.20. The Morgan fingerprint density at radius 3 is 2.61 bits per heavy atom. The molecule has 0 amide bonds. The number of carbonyl (C=O) groups excluding carboxylic acids is 1. The van der Waals surface area contributed by atoms with Gasteiger partial charge in [-0.1, -0.05) is 18.2 Å². The fraction of sp³-hybridized carbons (Fsp3) is 0.167. The molecule has 0 saturated heterocycles. The van der Waals surface area contributed by atoms with Crippen molar-refractivity contribution in [3.63, 3.8) is 0 Å².